The standard InChI is InChI=1S/C14H16N2O2S/c1-11-6-3-4-9-14(11)19(17,18)15-10-13-8-5-7-12(2)16-13/h3-9,15H,10H2,1-2H3. The van der Waals surface area contributed by atoms with Gasteiger partial charge in [0.15, 0.2) is 0 Å². The summed E-state index contributed by atoms with van der Waals surface area (Å²) >= 11 is 0. The maximum absolute atomic E-state index is 12.2. The minimum atomic E-state index is -3.49. The summed E-state index contributed by atoms with van der Waals surface area (Å²) in [5.41, 5.74) is 2.30. The molecule has 2 aromatic rings. The lowest BCUT2D eigenvalue weighted by Crippen LogP contribution is -2.24. The van der Waals surface area contributed by atoms with Crippen LogP contribution >= 0.6 is 0 Å². The van der Waals surface area contributed by atoms with Crippen LogP contribution < -0.4 is 4.72 Å². The Labute approximate surface area is 113 Å². The molecule has 0 aliphatic heterocycles. The van der Waals surface area contributed by atoms with Crippen molar-refractivity contribution in [1.82, 2.24) is 9.71 Å². The van der Waals surface area contributed by atoms with Crippen LogP contribution in [-0.4, -0.2) is 13.4 Å². The lowest BCUT2D eigenvalue weighted by Gasteiger charge is -2.09. The number of rotatable bonds is 4. The molecule has 0 bridgehead atoms. The number of nitrogens with one attached hydrogen (secondary N) is 1. The fraction of sp³-hybridized carbons (Fsp3) is 0.214. The van der Waals surface area contributed by atoms with Crippen LogP contribution in [0.15, 0.2) is 47.4 Å². The number of aryl methyl sites for hydroxylation is 2. The fourth-order valence-corrected chi connectivity index (χ4v) is 3.05. The van der Waals surface area contributed by atoms with Gasteiger partial charge >= 0.3 is 0 Å². The number of sulfonamides is 1. The molecule has 0 spiro atoms. The van der Waals surface area contributed by atoms with E-state index in [2.05, 4.69) is 9.71 Å². The second kappa shape index (κ2) is 5.50. The molecular weight excluding hydrogens is 260 g/mol. The Kier molecular flexibility index (Phi) is 3.97. The van der Waals surface area contributed by atoms with Gasteiger partial charge in [0.2, 0.25) is 10.0 Å². The van der Waals surface area contributed by atoms with Gasteiger partial charge in [-0.25, -0.2) is 13.1 Å². The Hall–Kier alpha value is -1.72. The molecule has 0 amide bonds. The third-order valence-electron chi connectivity index (χ3n) is 2.77. The van der Waals surface area contributed by atoms with Gasteiger partial charge < -0.3 is 0 Å². The molecule has 4 nitrogen and oxygen atoms in total. The van der Waals surface area contributed by atoms with Crippen molar-refractivity contribution in [2.24, 2.45) is 0 Å². The Morgan fingerprint density at radius 3 is 2.47 bits per heavy atom. The van der Waals surface area contributed by atoms with Gasteiger partial charge in [-0.2, -0.15) is 0 Å². The van der Waals surface area contributed by atoms with Crippen molar-refractivity contribution in [3.63, 3.8) is 0 Å². The van der Waals surface area contributed by atoms with Gasteiger partial charge in [0.1, 0.15) is 0 Å². The SMILES string of the molecule is Cc1cccc(CNS(=O)(=O)c2ccccc2C)n1. The van der Waals surface area contributed by atoms with Crippen molar-refractivity contribution in [2.75, 3.05) is 0 Å². The number of nitrogens with zero attached hydrogens (tertiary/aromatic N) is 1. The smallest absolute Gasteiger partial charge is 0.241 e. The molecule has 0 unspecified atom stereocenters. The van der Waals surface area contributed by atoms with Crippen molar-refractivity contribution in [3.05, 3.63) is 59.4 Å². The minimum absolute atomic E-state index is 0.193. The van der Waals surface area contributed by atoms with E-state index in [1.54, 1.807) is 31.2 Å². The summed E-state index contributed by atoms with van der Waals surface area (Å²) in [6.45, 7) is 3.84. The van der Waals surface area contributed by atoms with Gasteiger partial charge in [-0.3, -0.25) is 4.98 Å². The number of hydrogen-bond donors (Lipinski definition) is 1. The normalized spacial score (nSPS) is 11.5. The number of hydrogen-bond acceptors (Lipinski definition) is 3. The molecule has 1 N–H and O–H groups in total. The van der Waals surface area contributed by atoms with Crippen LogP contribution in [-0.2, 0) is 16.6 Å². The summed E-state index contributed by atoms with van der Waals surface area (Å²) in [7, 11) is -3.49. The average molecular weight is 276 g/mol. The quantitative estimate of drug-likeness (QED) is 0.931. The van der Waals surface area contributed by atoms with Crippen LogP contribution in [0.1, 0.15) is 17.0 Å². The highest BCUT2D eigenvalue weighted by Crippen LogP contribution is 2.14. The molecule has 100 valence electrons. The molecule has 1 aromatic heterocycles. The third-order valence-corrected chi connectivity index (χ3v) is 4.33. The van der Waals surface area contributed by atoms with Crippen LogP contribution in [0.25, 0.3) is 0 Å². The van der Waals surface area contributed by atoms with E-state index in [0.717, 1.165) is 11.3 Å². The summed E-state index contributed by atoms with van der Waals surface area (Å²) in [5, 5.41) is 0. The maximum atomic E-state index is 12.2. The van der Waals surface area contributed by atoms with E-state index < -0.39 is 10.0 Å². The van der Waals surface area contributed by atoms with Crippen molar-refractivity contribution < 1.29 is 8.42 Å². The highest BCUT2D eigenvalue weighted by molar-refractivity contribution is 7.89. The topological polar surface area (TPSA) is 59.1 Å². The summed E-state index contributed by atoms with van der Waals surface area (Å²) in [6, 6.07) is 12.4. The number of benzene rings is 1. The van der Waals surface area contributed by atoms with Gasteiger partial charge in [0.25, 0.3) is 0 Å². The van der Waals surface area contributed by atoms with Crippen LogP contribution in [0.3, 0.4) is 0 Å². The maximum Gasteiger partial charge on any atom is 0.241 e. The zero-order valence-corrected chi connectivity index (χ0v) is 11.7. The van der Waals surface area contributed by atoms with Crippen LogP contribution in [0.5, 0.6) is 0 Å². The van der Waals surface area contributed by atoms with Gasteiger partial charge in [-0.1, -0.05) is 24.3 Å². The molecule has 1 aromatic carbocycles. The lowest BCUT2D eigenvalue weighted by molar-refractivity contribution is 0.579. The fourth-order valence-electron chi connectivity index (χ4n) is 1.80. The van der Waals surface area contributed by atoms with Crippen molar-refractivity contribution in [1.29, 1.82) is 0 Å². The van der Waals surface area contributed by atoms with E-state index in [0.29, 0.717) is 10.6 Å². The van der Waals surface area contributed by atoms with Gasteiger partial charge in [0.05, 0.1) is 17.1 Å². The first-order chi connectivity index (χ1) is 8.99. The largest absolute Gasteiger partial charge is 0.257 e. The lowest BCUT2D eigenvalue weighted by atomic mass is 10.2. The van der Waals surface area contributed by atoms with E-state index in [1.807, 2.05) is 25.1 Å². The van der Waals surface area contributed by atoms with E-state index in [4.69, 9.17) is 0 Å². The number of aromatic nitrogens is 1. The summed E-state index contributed by atoms with van der Waals surface area (Å²) in [5.74, 6) is 0. The molecule has 0 radical (unpaired) electrons. The first kappa shape index (κ1) is 13.7. The Bertz CT molecular complexity index is 681. The molecule has 19 heavy (non-hydrogen) atoms. The highest BCUT2D eigenvalue weighted by Gasteiger charge is 2.15. The summed E-state index contributed by atoms with van der Waals surface area (Å²) in [4.78, 5) is 4.57. The van der Waals surface area contributed by atoms with Gasteiger partial charge in [-0.05, 0) is 37.6 Å². The third kappa shape index (κ3) is 3.39. The second-order valence-corrected chi connectivity index (χ2v) is 6.10. The molecule has 1 heterocycles. The summed E-state index contributed by atoms with van der Waals surface area (Å²) in [6.07, 6.45) is 0. The minimum Gasteiger partial charge on any atom is -0.257 e. The molecular formula is C14H16N2O2S. The van der Waals surface area contributed by atoms with Crippen molar-refractivity contribution in [3.8, 4) is 0 Å². The van der Waals surface area contributed by atoms with Gasteiger partial charge in [0, 0.05) is 5.69 Å². The highest BCUT2D eigenvalue weighted by atomic mass is 32.2. The first-order valence-electron chi connectivity index (χ1n) is 5.97. The van der Waals surface area contributed by atoms with Crippen LogP contribution in [0.4, 0.5) is 0 Å². The van der Waals surface area contributed by atoms with E-state index in [9.17, 15) is 8.42 Å². The van der Waals surface area contributed by atoms with E-state index >= 15 is 0 Å². The molecule has 0 fully saturated rings. The Morgan fingerprint density at radius 1 is 1.05 bits per heavy atom. The second-order valence-electron chi connectivity index (χ2n) is 4.36. The molecule has 0 aliphatic rings. The van der Waals surface area contributed by atoms with E-state index in [-0.39, 0.29) is 6.54 Å². The molecule has 0 saturated heterocycles. The van der Waals surface area contributed by atoms with Crippen LogP contribution in [0.2, 0.25) is 0 Å². The predicted octanol–water partition coefficient (Wildman–Crippen LogP) is 2.18. The van der Waals surface area contributed by atoms with E-state index in [1.165, 1.54) is 0 Å². The molecule has 0 aliphatic carbocycles. The zero-order valence-electron chi connectivity index (χ0n) is 10.9. The predicted molar refractivity (Wildman–Crippen MR) is 74.2 cm³/mol. The first-order valence-corrected chi connectivity index (χ1v) is 7.45. The number of pyridine rings is 1. The zero-order chi connectivity index (χ0) is 13.9. The van der Waals surface area contributed by atoms with Crippen molar-refractivity contribution >= 4 is 10.0 Å². The average Bonchev–Trinajstić information content (AvgIpc) is 2.37. The molecule has 5 heteroatoms. The van der Waals surface area contributed by atoms with Gasteiger partial charge in [-0.15, -0.1) is 0 Å². The van der Waals surface area contributed by atoms with Crippen LogP contribution in [0, 0.1) is 13.8 Å². The van der Waals surface area contributed by atoms with Crippen molar-refractivity contribution in [2.45, 2.75) is 25.3 Å². The molecule has 2 rings (SSSR count). The Morgan fingerprint density at radius 2 is 1.79 bits per heavy atom. The molecule has 0 atom stereocenters. The Balaban J connectivity index is 2.17. The monoisotopic (exact) mass is 276 g/mol. The molecule has 0 saturated carbocycles. The summed E-state index contributed by atoms with van der Waals surface area (Å²) < 4.78 is 26.9.